The number of benzene rings is 2. The van der Waals surface area contributed by atoms with E-state index in [9.17, 15) is 18.8 Å². The molecule has 3 aromatic rings. The fourth-order valence-electron chi connectivity index (χ4n) is 3.71. The number of hydrogen-bond acceptors (Lipinski definition) is 4. The van der Waals surface area contributed by atoms with Crippen LogP contribution in [0.2, 0.25) is 0 Å². The maximum absolute atomic E-state index is 13.4. The molecule has 164 valence electrons. The Morgan fingerprint density at radius 3 is 2.28 bits per heavy atom. The van der Waals surface area contributed by atoms with Crippen molar-refractivity contribution in [2.75, 3.05) is 16.0 Å². The van der Waals surface area contributed by atoms with Crippen molar-refractivity contribution in [1.29, 1.82) is 0 Å². The predicted molar refractivity (Wildman–Crippen MR) is 119 cm³/mol. The van der Waals surface area contributed by atoms with Gasteiger partial charge in [0.1, 0.15) is 17.7 Å². The zero-order chi connectivity index (χ0) is 22.8. The summed E-state index contributed by atoms with van der Waals surface area (Å²) in [6.45, 7) is 3.36. The van der Waals surface area contributed by atoms with Gasteiger partial charge >= 0.3 is 0 Å². The maximum atomic E-state index is 13.4. The van der Waals surface area contributed by atoms with E-state index in [1.54, 1.807) is 41.1 Å². The zero-order valence-electron chi connectivity index (χ0n) is 17.6. The summed E-state index contributed by atoms with van der Waals surface area (Å²) in [7, 11) is 0. The first-order valence-electron chi connectivity index (χ1n) is 10.2. The number of carbonyl (C=O) groups is 3. The molecule has 4 rings (SSSR count). The van der Waals surface area contributed by atoms with Crippen molar-refractivity contribution in [2.24, 2.45) is 0 Å². The number of halogens is 1. The second-order valence-corrected chi connectivity index (χ2v) is 7.49. The van der Waals surface area contributed by atoms with Gasteiger partial charge in [-0.3, -0.25) is 14.4 Å². The average Bonchev–Trinajstić information content (AvgIpc) is 3.25. The molecule has 9 heteroatoms. The van der Waals surface area contributed by atoms with Crippen LogP contribution in [0.25, 0.3) is 11.1 Å². The fourth-order valence-corrected chi connectivity index (χ4v) is 3.71. The Labute approximate surface area is 183 Å². The van der Waals surface area contributed by atoms with E-state index in [-0.39, 0.29) is 30.0 Å². The number of aromatic nitrogens is 2. The van der Waals surface area contributed by atoms with Crippen LogP contribution in [0.15, 0.2) is 48.5 Å². The predicted octanol–water partition coefficient (Wildman–Crippen LogP) is 3.73. The van der Waals surface area contributed by atoms with E-state index >= 15 is 0 Å². The lowest BCUT2D eigenvalue weighted by molar-refractivity contribution is -0.123. The molecule has 0 radical (unpaired) electrons. The van der Waals surface area contributed by atoms with Gasteiger partial charge in [-0.25, -0.2) is 9.07 Å². The number of nitrogens with zero attached hydrogens (tertiary/aromatic N) is 2. The monoisotopic (exact) mass is 435 g/mol. The maximum Gasteiger partial charge on any atom is 0.251 e. The van der Waals surface area contributed by atoms with Gasteiger partial charge in [0.2, 0.25) is 11.8 Å². The van der Waals surface area contributed by atoms with Gasteiger partial charge in [-0.2, -0.15) is 5.10 Å². The number of rotatable bonds is 6. The minimum atomic E-state index is -0.789. The van der Waals surface area contributed by atoms with Crippen molar-refractivity contribution >= 4 is 34.9 Å². The highest BCUT2D eigenvalue weighted by molar-refractivity contribution is 6.04. The molecule has 1 atom stereocenters. The van der Waals surface area contributed by atoms with Crippen LogP contribution >= 0.6 is 0 Å². The third kappa shape index (κ3) is 4.22. The highest BCUT2D eigenvalue weighted by Crippen LogP contribution is 2.38. The summed E-state index contributed by atoms with van der Waals surface area (Å²) in [5.41, 5.74) is 3.40. The van der Waals surface area contributed by atoms with E-state index < -0.39 is 6.04 Å². The molecular weight excluding hydrogens is 413 g/mol. The molecule has 3 amide bonds. The summed E-state index contributed by atoms with van der Waals surface area (Å²) in [5.74, 6) is -0.692. The number of hydrogen-bond donors (Lipinski definition) is 3. The quantitative estimate of drug-likeness (QED) is 0.549. The Kier molecular flexibility index (Phi) is 5.72. The van der Waals surface area contributed by atoms with Crippen molar-refractivity contribution in [1.82, 2.24) is 9.78 Å². The number of anilines is 3. The van der Waals surface area contributed by atoms with Crippen LogP contribution in [0.1, 0.15) is 32.0 Å². The molecule has 0 bridgehead atoms. The van der Waals surface area contributed by atoms with Crippen molar-refractivity contribution in [3.05, 3.63) is 60.0 Å². The van der Waals surface area contributed by atoms with E-state index in [0.717, 1.165) is 16.8 Å². The number of aryl methyl sites for hydroxylation is 1. The van der Waals surface area contributed by atoms with Gasteiger partial charge in [0.15, 0.2) is 0 Å². The van der Waals surface area contributed by atoms with Gasteiger partial charge in [-0.1, -0.05) is 19.1 Å². The lowest BCUT2D eigenvalue weighted by Crippen LogP contribution is -2.24. The van der Waals surface area contributed by atoms with Crippen LogP contribution in [0.5, 0.6) is 0 Å². The summed E-state index contributed by atoms with van der Waals surface area (Å²) in [6, 6.07) is 11.9. The van der Waals surface area contributed by atoms with Crippen molar-refractivity contribution in [3.8, 4) is 11.1 Å². The van der Waals surface area contributed by atoms with Gasteiger partial charge in [-0.05, 0) is 48.4 Å². The molecule has 8 nitrogen and oxygen atoms in total. The number of amides is 3. The van der Waals surface area contributed by atoms with Gasteiger partial charge < -0.3 is 16.0 Å². The molecule has 32 heavy (non-hydrogen) atoms. The Hall–Kier alpha value is -4.01. The summed E-state index contributed by atoms with van der Waals surface area (Å²) < 4.78 is 14.9. The number of carbonyl (C=O) groups excluding carboxylic acids is 3. The standard InChI is InChI=1S/C23H22FN5O3/c1-3-18-21(14-4-6-15(24)7-5-14)22-27-23(32)19(29(22)28-18)12-20(31)26-17-10-8-16(9-11-17)25-13(2)30/h4-11,19H,3,12H2,1-2H3,(H,25,30)(H,26,31)(H,27,32). The van der Waals surface area contributed by atoms with Gasteiger partial charge in [0.05, 0.1) is 12.1 Å². The first kappa shape index (κ1) is 21.2. The molecule has 1 aliphatic rings. The Balaban J connectivity index is 1.52. The van der Waals surface area contributed by atoms with Crippen LogP contribution in [-0.2, 0) is 20.8 Å². The second-order valence-electron chi connectivity index (χ2n) is 7.49. The Bertz CT molecular complexity index is 1190. The third-order valence-electron chi connectivity index (χ3n) is 5.16. The smallest absolute Gasteiger partial charge is 0.251 e. The lowest BCUT2D eigenvalue weighted by Gasteiger charge is -2.11. The normalized spacial score (nSPS) is 14.6. The molecule has 0 aliphatic carbocycles. The van der Waals surface area contributed by atoms with E-state index in [4.69, 9.17) is 0 Å². The van der Waals surface area contributed by atoms with Crippen molar-refractivity contribution in [3.63, 3.8) is 0 Å². The molecule has 1 aliphatic heterocycles. The first-order chi connectivity index (χ1) is 15.4. The van der Waals surface area contributed by atoms with Crippen molar-refractivity contribution < 1.29 is 18.8 Å². The molecule has 1 unspecified atom stereocenters. The Morgan fingerprint density at radius 1 is 1.06 bits per heavy atom. The van der Waals surface area contributed by atoms with Crippen molar-refractivity contribution in [2.45, 2.75) is 32.7 Å². The number of nitrogens with one attached hydrogen (secondary N) is 3. The van der Waals surface area contributed by atoms with Crippen LogP contribution < -0.4 is 16.0 Å². The number of fused-ring (bicyclic) bond motifs is 1. The van der Waals surface area contributed by atoms with E-state index in [2.05, 4.69) is 21.0 Å². The average molecular weight is 435 g/mol. The van der Waals surface area contributed by atoms with Gasteiger partial charge in [0, 0.05) is 23.9 Å². The lowest BCUT2D eigenvalue weighted by atomic mass is 10.0. The summed E-state index contributed by atoms with van der Waals surface area (Å²) in [4.78, 5) is 36.3. The molecule has 2 heterocycles. The van der Waals surface area contributed by atoms with Crippen LogP contribution in [0.4, 0.5) is 21.6 Å². The third-order valence-corrected chi connectivity index (χ3v) is 5.16. The molecule has 1 aromatic heterocycles. The first-order valence-corrected chi connectivity index (χ1v) is 10.2. The van der Waals surface area contributed by atoms with Crippen LogP contribution in [-0.4, -0.2) is 27.5 Å². The molecule has 0 saturated carbocycles. The molecule has 0 fully saturated rings. The molecule has 2 aromatic carbocycles. The molecule has 0 spiro atoms. The summed E-state index contributed by atoms with van der Waals surface area (Å²) >= 11 is 0. The van der Waals surface area contributed by atoms with E-state index in [1.807, 2.05) is 6.92 Å². The largest absolute Gasteiger partial charge is 0.326 e. The van der Waals surface area contributed by atoms with Crippen LogP contribution in [0.3, 0.4) is 0 Å². The summed E-state index contributed by atoms with van der Waals surface area (Å²) in [6.07, 6.45) is 0.516. The SMILES string of the molecule is CCc1nn2c(c1-c1ccc(F)cc1)NC(=O)C2CC(=O)Nc1ccc(NC(C)=O)cc1. The highest BCUT2D eigenvalue weighted by atomic mass is 19.1. The Morgan fingerprint density at radius 2 is 1.69 bits per heavy atom. The minimum absolute atomic E-state index is 0.0972. The topological polar surface area (TPSA) is 105 Å². The van der Waals surface area contributed by atoms with Gasteiger partial charge in [0.25, 0.3) is 5.91 Å². The highest BCUT2D eigenvalue weighted by Gasteiger charge is 2.36. The minimum Gasteiger partial charge on any atom is -0.326 e. The molecule has 3 N–H and O–H groups in total. The molecule has 0 saturated heterocycles. The van der Waals surface area contributed by atoms with Crippen LogP contribution in [0, 0.1) is 5.82 Å². The second kappa shape index (κ2) is 8.62. The zero-order valence-corrected chi connectivity index (χ0v) is 17.6. The molecular formula is C23H22FN5O3. The fraction of sp³-hybridized carbons (Fsp3) is 0.217. The van der Waals surface area contributed by atoms with E-state index in [1.165, 1.54) is 19.1 Å². The van der Waals surface area contributed by atoms with Gasteiger partial charge in [-0.15, -0.1) is 0 Å². The summed E-state index contributed by atoms with van der Waals surface area (Å²) in [5, 5.41) is 12.8. The van der Waals surface area contributed by atoms with E-state index in [0.29, 0.717) is 23.6 Å².